The normalized spacial score (nSPS) is 16.6. The van der Waals surface area contributed by atoms with Crippen molar-refractivity contribution in [3.63, 3.8) is 0 Å². The zero-order chi connectivity index (χ0) is 23.4. The zero-order valence-electron chi connectivity index (χ0n) is 19.0. The van der Waals surface area contributed by atoms with E-state index in [1.807, 2.05) is 4.90 Å². The Morgan fingerprint density at radius 3 is 2.18 bits per heavy atom. The van der Waals surface area contributed by atoms with E-state index >= 15 is 0 Å². The van der Waals surface area contributed by atoms with Gasteiger partial charge in [0, 0.05) is 45.7 Å². The number of anilines is 1. The van der Waals surface area contributed by atoms with E-state index in [0.29, 0.717) is 60.5 Å². The molecule has 2 aromatic rings. The second-order valence-electron chi connectivity index (χ2n) is 7.57. The standard InChI is InChI=1S/C23H27N5O5/c1-31-14-13-28-21(29)19(16-5-6-17(32-2)18(15-16)33-3)20(22(28)30)26-9-11-27(12-10-26)23-24-7-4-8-25-23/h4-8,15H,9-14H2,1-3H3. The van der Waals surface area contributed by atoms with Gasteiger partial charge >= 0.3 is 0 Å². The number of carbonyl (C=O) groups excluding carboxylic acids is 2. The van der Waals surface area contributed by atoms with Crippen LogP contribution in [0.5, 0.6) is 11.5 Å². The van der Waals surface area contributed by atoms with E-state index in [4.69, 9.17) is 14.2 Å². The van der Waals surface area contributed by atoms with Crippen LogP contribution in [0, 0.1) is 0 Å². The van der Waals surface area contributed by atoms with E-state index in [1.54, 1.807) is 50.9 Å². The molecule has 2 aliphatic heterocycles. The van der Waals surface area contributed by atoms with Crippen LogP contribution in [-0.4, -0.2) is 92.2 Å². The molecule has 2 aliphatic rings. The van der Waals surface area contributed by atoms with Crippen LogP contribution in [0.2, 0.25) is 0 Å². The molecule has 10 nitrogen and oxygen atoms in total. The van der Waals surface area contributed by atoms with Gasteiger partial charge in [-0.1, -0.05) is 6.07 Å². The van der Waals surface area contributed by atoms with E-state index in [9.17, 15) is 9.59 Å². The number of hydrogen-bond donors (Lipinski definition) is 0. The Morgan fingerprint density at radius 1 is 0.879 bits per heavy atom. The molecular formula is C23H27N5O5. The molecule has 0 aliphatic carbocycles. The van der Waals surface area contributed by atoms with Gasteiger partial charge in [-0.25, -0.2) is 9.97 Å². The Hall–Kier alpha value is -3.66. The number of nitrogens with zero attached hydrogens (tertiary/aromatic N) is 5. The third kappa shape index (κ3) is 4.34. The van der Waals surface area contributed by atoms with Crippen LogP contribution in [0.3, 0.4) is 0 Å². The van der Waals surface area contributed by atoms with Gasteiger partial charge in [0.25, 0.3) is 11.8 Å². The molecule has 10 heteroatoms. The largest absolute Gasteiger partial charge is 0.493 e. The number of piperazine rings is 1. The van der Waals surface area contributed by atoms with Crippen LogP contribution >= 0.6 is 0 Å². The maximum atomic E-state index is 13.4. The van der Waals surface area contributed by atoms with E-state index in [0.717, 1.165) is 0 Å². The lowest BCUT2D eigenvalue weighted by Crippen LogP contribution is -2.48. The lowest BCUT2D eigenvalue weighted by Gasteiger charge is -2.36. The highest BCUT2D eigenvalue weighted by molar-refractivity contribution is 6.35. The first-order chi connectivity index (χ1) is 16.1. The Bertz CT molecular complexity index is 1050. The molecule has 1 fully saturated rings. The average Bonchev–Trinajstić information content (AvgIpc) is 3.12. The van der Waals surface area contributed by atoms with Crippen molar-refractivity contribution in [2.24, 2.45) is 0 Å². The lowest BCUT2D eigenvalue weighted by molar-refractivity contribution is -0.138. The predicted molar refractivity (Wildman–Crippen MR) is 121 cm³/mol. The van der Waals surface area contributed by atoms with Crippen molar-refractivity contribution in [2.75, 3.05) is 65.6 Å². The van der Waals surface area contributed by atoms with E-state index in [2.05, 4.69) is 14.9 Å². The van der Waals surface area contributed by atoms with Crippen molar-refractivity contribution in [2.45, 2.75) is 0 Å². The highest BCUT2D eigenvalue weighted by Crippen LogP contribution is 2.36. The fourth-order valence-corrected chi connectivity index (χ4v) is 4.08. The van der Waals surface area contributed by atoms with Crippen molar-refractivity contribution in [1.29, 1.82) is 0 Å². The molecule has 4 rings (SSSR count). The highest BCUT2D eigenvalue weighted by atomic mass is 16.5. The summed E-state index contributed by atoms with van der Waals surface area (Å²) in [5, 5.41) is 0. The topological polar surface area (TPSA) is 97.3 Å². The third-order valence-corrected chi connectivity index (χ3v) is 5.77. The Balaban J connectivity index is 1.67. The Morgan fingerprint density at radius 2 is 1.55 bits per heavy atom. The molecule has 1 aromatic carbocycles. The lowest BCUT2D eigenvalue weighted by atomic mass is 10.0. The van der Waals surface area contributed by atoms with Crippen LogP contribution in [0.15, 0.2) is 42.4 Å². The minimum absolute atomic E-state index is 0.187. The average molecular weight is 453 g/mol. The van der Waals surface area contributed by atoms with E-state index in [-0.39, 0.29) is 25.0 Å². The number of aromatic nitrogens is 2. The summed E-state index contributed by atoms with van der Waals surface area (Å²) in [7, 11) is 4.63. The number of methoxy groups -OCH3 is 3. The molecule has 0 spiro atoms. The number of ether oxygens (including phenoxy) is 3. The van der Waals surface area contributed by atoms with Gasteiger partial charge in [0.05, 0.1) is 32.9 Å². The highest BCUT2D eigenvalue weighted by Gasteiger charge is 2.42. The zero-order valence-corrected chi connectivity index (χ0v) is 19.0. The number of imide groups is 1. The Kier molecular flexibility index (Phi) is 6.74. The molecule has 0 bridgehead atoms. The molecular weight excluding hydrogens is 426 g/mol. The van der Waals surface area contributed by atoms with Crippen LogP contribution in [0.1, 0.15) is 5.56 Å². The summed E-state index contributed by atoms with van der Waals surface area (Å²) in [4.78, 5) is 40.7. The summed E-state index contributed by atoms with van der Waals surface area (Å²) in [6, 6.07) is 7.01. The van der Waals surface area contributed by atoms with Gasteiger partial charge < -0.3 is 24.0 Å². The van der Waals surface area contributed by atoms with Crippen LogP contribution in [0.4, 0.5) is 5.95 Å². The minimum Gasteiger partial charge on any atom is -0.493 e. The maximum absolute atomic E-state index is 13.4. The summed E-state index contributed by atoms with van der Waals surface area (Å²) >= 11 is 0. The summed E-state index contributed by atoms with van der Waals surface area (Å²) < 4.78 is 15.9. The first-order valence-corrected chi connectivity index (χ1v) is 10.7. The molecule has 3 heterocycles. The van der Waals surface area contributed by atoms with Gasteiger partial charge in [-0.2, -0.15) is 0 Å². The molecule has 2 amide bonds. The molecule has 1 aromatic heterocycles. The first-order valence-electron chi connectivity index (χ1n) is 10.7. The summed E-state index contributed by atoms with van der Waals surface area (Å²) in [6.07, 6.45) is 3.42. The summed E-state index contributed by atoms with van der Waals surface area (Å²) in [5.74, 6) is 1.04. The summed E-state index contributed by atoms with van der Waals surface area (Å²) in [5.41, 5.74) is 1.37. The molecule has 174 valence electrons. The first kappa shape index (κ1) is 22.5. The van der Waals surface area contributed by atoms with Crippen molar-refractivity contribution in [3.8, 4) is 11.5 Å². The number of carbonyl (C=O) groups is 2. The second kappa shape index (κ2) is 9.86. The van der Waals surface area contributed by atoms with Crippen LogP contribution in [-0.2, 0) is 14.3 Å². The van der Waals surface area contributed by atoms with Gasteiger partial charge in [0.15, 0.2) is 11.5 Å². The molecule has 0 N–H and O–H groups in total. The van der Waals surface area contributed by atoms with Gasteiger partial charge in [0.2, 0.25) is 5.95 Å². The molecule has 0 saturated carbocycles. The SMILES string of the molecule is COCCN1C(=O)C(c2ccc(OC)c(OC)c2)=C(N2CCN(c3ncccn3)CC2)C1=O. The molecule has 0 atom stereocenters. The van der Waals surface area contributed by atoms with E-state index < -0.39 is 0 Å². The van der Waals surface area contributed by atoms with Gasteiger partial charge in [0.1, 0.15) is 5.70 Å². The fourth-order valence-electron chi connectivity index (χ4n) is 4.08. The van der Waals surface area contributed by atoms with Crippen molar-refractivity contribution in [1.82, 2.24) is 19.8 Å². The van der Waals surface area contributed by atoms with Gasteiger partial charge in [-0.05, 0) is 23.8 Å². The quantitative estimate of drug-likeness (QED) is 0.543. The second-order valence-corrected chi connectivity index (χ2v) is 7.57. The monoisotopic (exact) mass is 453 g/mol. The van der Waals surface area contributed by atoms with Crippen LogP contribution in [0.25, 0.3) is 5.57 Å². The Labute approximate surface area is 192 Å². The predicted octanol–water partition coefficient (Wildman–Crippen LogP) is 1.04. The fraction of sp³-hybridized carbons (Fsp3) is 0.391. The number of hydrogen-bond acceptors (Lipinski definition) is 9. The number of benzene rings is 1. The van der Waals surface area contributed by atoms with Crippen molar-refractivity contribution >= 4 is 23.3 Å². The van der Waals surface area contributed by atoms with Crippen molar-refractivity contribution in [3.05, 3.63) is 47.9 Å². The third-order valence-electron chi connectivity index (χ3n) is 5.77. The number of rotatable bonds is 8. The maximum Gasteiger partial charge on any atom is 0.277 e. The summed E-state index contributed by atoms with van der Waals surface area (Å²) in [6.45, 7) is 2.83. The van der Waals surface area contributed by atoms with Crippen LogP contribution < -0.4 is 14.4 Å². The molecule has 0 radical (unpaired) electrons. The smallest absolute Gasteiger partial charge is 0.277 e. The number of amides is 2. The molecule has 1 saturated heterocycles. The van der Waals surface area contributed by atoms with Gasteiger partial charge in [-0.15, -0.1) is 0 Å². The van der Waals surface area contributed by atoms with Crippen molar-refractivity contribution < 1.29 is 23.8 Å². The minimum atomic E-state index is -0.340. The molecule has 0 unspecified atom stereocenters. The molecule has 33 heavy (non-hydrogen) atoms. The van der Waals surface area contributed by atoms with E-state index in [1.165, 1.54) is 12.0 Å². The van der Waals surface area contributed by atoms with Gasteiger partial charge in [-0.3, -0.25) is 14.5 Å².